The number of rotatable bonds is 4. The van der Waals surface area contributed by atoms with E-state index >= 15 is 4.39 Å². The number of aromatic nitrogens is 2. The Labute approximate surface area is 161 Å². The van der Waals surface area contributed by atoms with Gasteiger partial charge in [0.2, 0.25) is 0 Å². The average molecular weight is 391 g/mol. The van der Waals surface area contributed by atoms with Crippen LogP contribution in [0.2, 0.25) is 0 Å². The normalized spacial score (nSPS) is 22.7. The molecule has 2 atom stereocenters. The lowest BCUT2D eigenvalue weighted by atomic mass is 9.91. The van der Waals surface area contributed by atoms with E-state index in [9.17, 15) is 14.7 Å². The fourth-order valence-corrected chi connectivity index (χ4v) is 4.44. The second kappa shape index (κ2) is 6.92. The number of hydrogen-bond acceptors (Lipinski definition) is 5. The number of fused-ring (bicyclic) bond motifs is 1. The highest BCUT2D eigenvalue weighted by Crippen LogP contribution is 2.44. The quantitative estimate of drug-likeness (QED) is 0.833. The van der Waals surface area contributed by atoms with E-state index in [1.807, 2.05) is 6.92 Å². The highest BCUT2D eigenvalue weighted by molar-refractivity contribution is 5.93. The summed E-state index contributed by atoms with van der Waals surface area (Å²) in [7, 11) is 1.42. The van der Waals surface area contributed by atoms with Gasteiger partial charge in [0.05, 0.1) is 18.6 Å². The average Bonchev–Trinajstić information content (AvgIpc) is 3.48. The van der Waals surface area contributed by atoms with Crippen LogP contribution in [0.3, 0.4) is 0 Å². The van der Waals surface area contributed by atoms with Crippen molar-refractivity contribution in [3.63, 3.8) is 0 Å². The molecule has 2 aromatic rings. The van der Waals surface area contributed by atoms with Crippen molar-refractivity contribution in [2.24, 2.45) is 5.92 Å². The number of aliphatic hydroxyl groups excluding tert-OH is 1. The fourth-order valence-electron chi connectivity index (χ4n) is 4.44. The number of aryl methyl sites for hydroxylation is 1. The molecule has 8 heteroatoms. The van der Waals surface area contributed by atoms with Crippen molar-refractivity contribution in [2.75, 3.05) is 25.1 Å². The first-order valence-electron chi connectivity index (χ1n) is 9.86. The molecule has 28 heavy (non-hydrogen) atoms. The third kappa shape index (κ3) is 2.82. The number of anilines is 1. The smallest absolute Gasteiger partial charge is 0.329 e. The van der Waals surface area contributed by atoms with Gasteiger partial charge in [-0.2, -0.15) is 0 Å². The van der Waals surface area contributed by atoms with E-state index in [1.165, 1.54) is 11.7 Å². The number of hydrogen-bond donors (Lipinski definition) is 2. The van der Waals surface area contributed by atoms with Gasteiger partial charge in [0.1, 0.15) is 11.2 Å². The topological polar surface area (TPSA) is 87.6 Å². The third-order valence-electron chi connectivity index (χ3n) is 6.16. The molecule has 152 valence electrons. The maximum atomic E-state index is 15.5. The van der Waals surface area contributed by atoms with Crippen LogP contribution >= 0.6 is 0 Å². The molecule has 1 aromatic carbocycles. The first-order chi connectivity index (χ1) is 13.4. The Morgan fingerprint density at radius 1 is 1.29 bits per heavy atom. The van der Waals surface area contributed by atoms with Crippen molar-refractivity contribution >= 4 is 16.6 Å². The first-order valence-corrected chi connectivity index (χ1v) is 9.86. The number of ether oxygens (including phenoxy) is 1. The SMILES string of the molecule is CCC1CCN(c2c(F)c(C)c3c(=O)[nH]c(=O)n(C4CC4)c3c2OC)CC1O. The van der Waals surface area contributed by atoms with Gasteiger partial charge in [-0.1, -0.05) is 13.3 Å². The Morgan fingerprint density at radius 3 is 2.57 bits per heavy atom. The van der Waals surface area contributed by atoms with E-state index in [1.54, 1.807) is 11.8 Å². The number of benzene rings is 1. The number of halogens is 1. The number of aliphatic hydroxyl groups is 1. The van der Waals surface area contributed by atoms with E-state index in [-0.39, 0.29) is 40.9 Å². The summed E-state index contributed by atoms with van der Waals surface area (Å²) in [6, 6.07) is -0.0186. The molecule has 0 spiro atoms. The lowest BCUT2D eigenvalue weighted by Gasteiger charge is -2.38. The molecule has 1 aliphatic carbocycles. The zero-order valence-electron chi connectivity index (χ0n) is 16.4. The second-order valence-electron chi connectivity index (χ2n) is 7.88. The molecular weight excluding hydrogens is 365 g/mol. The summed E-state index contributed by atoms with van der Waals surface area (Å²) in [6.07, 6.45) is 2.70. The van der Waals surface area contributed by atoms with Crippen molar-refractivity contribution in [3.8, 4) is 5.75 Å². The Morgan fingerprint density at radius 2 is 2.00 bits per heavy atom. The largest absolute Gasteiger partial charge is 0.492 e. The second-order valence-corrected chi connectivity index (χ2v) is 7.88. The minimum atomic E-state index is -0.608. The van der Waals surface area contributed by atoms with Crippen LogP contribution in [0, 0.1) is 18.7 Å². The molecule has 2 unspecified atom stereocenters. The van der Waals surface area contributed by atoms with Gasteiger partial charge < -0.3 is 14.7 Å². The summed E-state index contributed by atoms with van der Waals surface area (Å²) in [5.74, 6) is -0.173. The summed E-state index contributed by atoms with van der Waals surface area (Å²) in [4.78, 5) is 29.1. The van der Waals surface area contributed by atoms with E-state index in [0.717, 1.165) is 25.7 Å². The van der Waals surface area contributed by atoms with Crippen LogP contribution < -0.4 is 20.9 Å². The zero-order valence-corrected chi connectivity index (χ0v) is 16.4. The summed E-state index contributed by atoms with van der Waals surface area (Å²) >= 11 is 0. The maximum Gasteiger partial charge on any atom is 0.329 e. The molecule has 7 nitrogen and oxygen atoms in total. The summed E-state index contributed by atoms with van der Waals surface area (Å²) in [5.41, 5.74) is -0.350. The summed E-state index contributed by atoms with van der Waals surface area (Å²) < 4.78 is 22.6. The lowest BCUT2D eigenvalue weighted by molar-refractivity contribution is 0.0904. The Bertz CT molecular complexity index is 1040. The molecule has 0 amide bonds. The number of aromatic amines is 1. The Kier molecular flexibility index (Phi) is 4.69. The fraction of sp³-hybridized carbons (Fsp3) is 0.600. The zero-order chi connectivity index (χ0) is 20.2. The Balaban J connectivity index is 2.00. The first kappa shape index (κ1) is 19.0. The molecule has 1 saturated carbocycles. The van der Waals surface area contributed by atoms with Gasteiger partial charge in [0, 0.05) is 24.7 Å². The van der Waals surface area contributed by atoms with Gasteiger partial charge in [-0.25, -0.2) is 9.18 Å². The number of nitrogens with one attached hydrogen (secondary N) is 1. The predicted molar refractivity (Wildman–Crippen MR) is 105 cm³/mol. The molecule has 2 N–H and O–H groups in total. The molecule has 0 radical (unpaired) electrons. The van der Waals surface area contributed by atoms with E-state index in [2.05, 4.69) is 4.98 Å². The molecule has 0 bridgehead atoms. The lowest BCUT2D eigenvalue weighted by Crippen LogP contribution is -2.44. The van der Waals surface area contributed by atoms with Gasteiger partial charge in [0.15, 0.2) is 11.6 Å². The minimum absolute atomic E-state index is 0.0186. The van der Waals surface area contributed by atoms with E-state index in [4.69, 9.17) is 4.74 Å². The van der Waals surface area contributed by atoms with Gasteiger partial charge in [-0.3, -0.25) is 14.3 Å². The molecule has 2 aliphatic rings. The van der Waals surface area contributed by atoms with Crippen molar-refractivity contribution in [1.29, 1.82) is 0 Å². The highest BCUT2D eigenvalue weighted by Gasteiger charge is 2.35. The van der Waals surface area contributed by atoms with Gasteiger partial charge in [-0.15, -0.1) is 0 Å². The van der Waals surface area contributed by atoms with Crippen LogP contribution in [0.15, 0.2) is 9.59 Å². The van der Waals surface area contributed by atoms with Crippen LogP contribution in [0.1, 0.15) is 44.2 Å². The van der Waals surface area contributed by atoms with E-state index in [0.29, 0.717) is 12.1 Å². The van der Waals surface area contributed by atoms with Crippen LogP contribution in [0.5, 0.6) is 5.75 Å². The van der Waals surface area contributed by atoms with Crippen molar-refractivity contribution in [1.82, 2.24) is 9.55 Å². The van der Waals surface area contributed by atoms with Gasteiger partial charge in [0.25, 0.3) is 5.56 Å². The van der Waals surface area contributed by atoms with Gasteiger partial charge in [-0.05, 0) is 32.1 Å². The molecule has 1 aliphatic heterocycles. The van der Waals surface area contributed by atoms with Gasteiger partial charge >= 0.3 is 5.69 Å². The molecule has 2 heterocycles. The minimum Gasteiger partial charge on any atom is -0.492 e. The van der Waals surface area contributed by atoms with Crippen molar-refractivity contribution < 1.29 is 14.2 Å². The maximum absolute atomic E-state index is 15.5. The highest BCUT2D eigenvalue weighted by atomic mass is 19.1. The summed E-state index contributed by atoms with van der Waals surface area (Å²) in [6.45, 7) is 4.44. The van der Waals surface area contributed by atoms with Crippen molar-refractivity contribution in [2.45, 2.75) is 51.7 Å². The number of methoxy groups -OCH3 is 1. The standard InChI is InChI=1S/C20H26FN3O4/c1-4-11-7-8-23(9-13(11)25)17-15(21)10(2)14-16(18(17)28-3)24(12-5-6-12)20(27)22-19(14)26/h11-13,25H,4-9H2,1-3H3,(H,22,26,27). The summed E-state index contributed by atoms with van der Waals surface area (Å²) in [5, 5.41) is 10.6. The third-order valence-corrected chi connectivity index (χ3v) is 6.16. The monoisotopic (exact) mass is 391 g/mol. The Hall–Kier alpha value is -2.35. The van der Waals surface area contributed by atoms with Crippen LogP contribution in [-0.2, 0) is 0 Å². The number of nitrogens with zero attached hydrogens (tertiary/aromatic N) is 2. The molecular formula is C20H26FN3O4. The predicted octanol–water partition coefficient (Wildman–Crippen LogP) is 2.08. The number of β-amino-alcohol motifs (C(OH)–C–C–N with tert-alkyl or cyclic N) is 1. The van der Waals surface area contributed by atoms with Crippen LogP contribution in [0.25, 0.3) is 10.9 Å². The van der Waals surface area contributed by atoms with Crippen molar-refractivity contribution in [3.05, 3.63) is 32.2 Å². The number of piperidine rings is 1. The molecule has 2 fully saturated rings. The van der Waals surface area contributed by atoms with Crippen LogP contribution in [0.4, 0.5) is 10.1 Å². The van der Waals surface area contributed by atoms with E-state index < -0.39 is 23.2 Å². The van der Waals surface area contributed by atoms with Crippen LogP contribution in [-0.4, -0.2) is 41.0 Å². The molecule has 1 saturated heterocycles. The molecule has 1 aromatic heterocycles. The molecule has 4 rings (SSSR count). The number of H-pyrrole nitrogens is 1.